The number of nitrogens with zero attached hydrogens (tertiary/aromatic N) is 1. The number of ether oxygens (including phenoxy) is 1. The lowest BCUT2D eigenvalue weighted by Gasteiger charge is -2.31. The monoisotopic (exact) mass is 270 g/mol. The quantitative estimate of drug-likeness (QED) is 0.608. The summed E-state index contributed by atoms with van der Waals surface area (Å²) in [6, 6.07) is 0. The van der Waals surface area contributed by atoms with E-state index in [9.17, 15) is 13.2 Å². The first-order valence-corrected chi connectivity index (χ1v) is 5.95. The third kappa shape index (κ3) is 6.18. The molecule has 3 nitrogen and oxygen atoms in total. The van der Waals surface area contributed by atoms with Crippen LogP contribution in [0.25, 0.3) is 0 Å². The Morgan fingerprint density at radius 1 is 1.35 bits per heavy atom. The van der Waals surface area contributed by atoms with Crippen molar-refractivity contribution in [2.75, 3.05) is 32.8 Å². The van der Waals surface area contributed by atoms with Gasteiger partial charge in [0.05, 0.1) is 11.6 Å². The molecule has 0 saturated carbocycles. The van der Waals surface area contributed by atoms with E-state index in [2.05, 4.69) is 9.64 Å². The first kappa shape index (κ1) is 14.7. The molecule has 0 aromatic rings. The number of piperidine rings is 1. The topological polar surface area (TPSA) is 38.5 Å². The largest absolute Gasteiger partial charge is 0.411 e. The van der Waals surface area contributed by atoms with Crippen molar-refractivity contribution in [3.8, 4) is 0 Å². The molecular weight excluding hydrogens is 253 g/mol. The van der Waals surface area contributed by atoms with Crippen LogP contribution in [0.1, 0.15) is 12.8 Å². The molecule has 0 bridgehead atoms. The molecule has 0 amide bonds. The second-order valence-corrected chi connectivity index (χ2v) is 4.66. The summed E-state index contributed by atoms with van der Waals surface area (Å²) in [4.78, 5) is 2.61. The average molecular weight is 270 g/mol. The van der Waals surface area contributed by atoms with E-state index in [1.165, 1.54) is 0 Å². The molecule has 1 fully saturated rings. The van der Waals surface area contributed by atoms with Gasteiger partial charge in [-0.15, -0.1) is 0 Å². The van der Waals surface area contributed by atoms with Gasteiger partial charge in [-0.1, -0.05) is 12.2 Å². The smallest absolute Gasteiger partial charge is 0.393 e. The molecule has 17 heavy (non-hydrogen) atoms. The Labute approximate surface area is 104 Å². The molecule has 1 aliphatic heterocycles. The van der Waals surface area contributed by atoms with Crippen LogP contribution in [0, 0.1) is 5.92 Å². The second kappa shape index (κ2) is 6.51. The van der Waals surface area contributed by atoms with Gasteiger partial charge in [0.2, 0.25) is 0 Å². The van der Waals surface area contributed by atoms with Crippen molar-refractivity contribution >= 4 is 17.2 Å². The van der Waals surface area contributed by atoms with E-state index in [0.29, 0.717) is 11.5 Å². The predicted molar refractivity (Wildman–Crippen MR) is 62.8 cm³/mol. The van der Waals surface area contributed by atoms with E-state index in [1.54, 1.807) is 0 Å². The number of alkyl halides is 3. The number of thiocarbonyl (C=S) groups is 1. The summed E-state index contributed by atoms with van der Waals surface area (Å²) in [6.45, 7) is 1.10. The maximum Gasteiger partial charge on any atom is 0.411 e. The van der Waals surface area contributed by atoms with Gasteiger partial charge in [0.25, 0.3) is 0 Å². The molecule has 2 N–H and O–H groups in total. The molecule has 0 aromatic carbocycles. The van der Waals surface area contributed by atoms with Crippen molar-refractivity contribution in [3.63, 3.8) is 0 Å². The van der Waals surface area contributed by atoms with Gasteiger partial charge in [-0.05, 0) is 25.9 Å². The lowest BCUT2D eigenvalue weighted by Crippen LogP contribution is -2.39. The SMILES string of the molecule is NC(=S)C1CCN(CCOCC(F)(F)F)CC1. The number of likely N-dealkylation sites (tertiary alicyclic amines) is 1. The third-order valence-corrected chi connectivity index (χ3v) is 3.14. The molecule has 1 saturated heterocycles. The first-order chi connectivity index (χ1) is 7.88. The summed E-state index contributed by atoms with van der Waals surface area (Å²) in [5.74, 6) is 0.275. The summed E-state index contributed by atoms with van der Waals surface area (Å²) in [7, 11) is 0. The highest BCUT2D eigenvalue weighted by Gasteiger charge is 2.27. The maximum absolute atomic E-state index is 11.8. The highest BCUT2D eigenvalue weighted by Crippen LogP contribution is 2.17. The van der Waals surface area contributed by atoms with Crippen LogP contribution in [-0.2, 0) is 4.74 Å². The van der Waals surface area contributed by atoms with Crippen molar-refractivity contribution < 1.29 is 17.9 Å². The van der Waals surface area contributed by atoms with Crippen LogP contribution >= 0.6 is 12.2 Å². The van der Waals surface area contributed by atoms with Gasteiger partial charge in [-0.25, -0.2) is 0 Å². The zero-order valence-corrected chi connectivity index (χ0v) is 10.3. The number of halogens is 3. The summed E-state index contributed by atoms with van der Waals surface area (Å²) < 4.78 is 39.9. The number of nitrogens with two attached hydrogens (primary N) is 1. The molecule has 0 unspecified atom stereocenters. The van der Waals surface area contributed by atoms with Crippen LogP contribution in [0.15, 0.2) is 0 Å². The minimum atomic E-state index is -4.24. The van der Waals surface area contributed by atoms with Crippen molar-refractivity contribution in [3.05, 3.63) is 0 Å². The zero-order valence-electron chi connectivity index (χ0n) is 9.50. The number of rotatable bonds is 5. The fraction of sp³-hybridized carbons (Fsp3) is 0.900. The van der Waals surface area contributed by atoms with Crippen LogP contribution in [-0.4, -0.2) is 48.9 Å². The van der Waals surface area contributed by atoms with Crippen LogP contribution in [0.5, 0.6) is 0 Å². The number of hydrogen-bond acceptors (Lipinski definition) is 3. The lowest BCUT2D eigenvalue weighted by molar-refractivity contribution is -0.174. The van der Waals surface area contributed by atoms with Crippen molar-refractivity contribution in [1.82, 2.24) is 4.90 Å². The van der Waals surface area contributed by atoms with Gasteiger partial charge in [0.1, 0.15) is 6.61 Å². The Balaban J connectivity index is 2.09. The summed E-state index contributed by atoms with van der Waals surface area (Å²) in [5, 5.41) is 0. The van der Waals surface area contributed by atoms with Gasteiger partial charge < -0.3 is 15.4 Å². The Morgan fingerprint density at radius 3 is 2.41 bits per heavy atom. The standard InChI is InChI=1S/C10H17F3N2OS/c11-10(12,13)7-16-6-5-15-3-1-8(2-4-15)9(14)17/h8H,1-7H2,(H2,14,17). The molecule has 0 atom stereocenters. The molecular formula is C10H17F3N2OS. The van der Waals surface area contributed by atoms with E-state index in [-0.39, 0.29) is 12.5 Å². The summed E-state index contributed by atoms with van der Waals surface area (Å²) >= 11 is 4.91. The van der Waals surface area contributed by atoms with E-state index < -0.39 is 12.8 Å². The second-order valence-electron chi connectivity index (χ2n) is 4.19. The third-order valence-electron chi connectivity index (χ3n) is 2.81. The van der Waals surface area contributed by atoms with Crippen LogP contribution in [0.3, 0.4) is 0 Å². The van der Waals surface area contributed by atoms with Crippen LogP contribution in [0.4, 0.5) is 13.2 Å². The lowest BCUT2D eigenvalue weighted by atomic mass is 9.97. The van der Waals surface area contributed by atoms with Crippen LogP contribution < -0.4 is 5.73 Å². The Bertz CT molecular complexity index is 252. The molecule has 0 spiro atoms. The van der Waals surface area contributed by atoms with Crippen molar-refractivity contribution in [2.24, 2.45) is 11.7 Å². The summed E-state index contributed by atoms with van der Waals surface area (Å²) in [5.41, 5.74) is 5.55. The fourth-order valence-electron chi connectivity index (χ4n) is 1.82. The van der Waals surface area contributed by atoms with Crippen molar-refractivity contribution in [2.45, 2.75) is 19.0 Å². The summed E-state index contributed by atoms with van der Waals surface area (Å²) in [6.07, 6.45) is -2.47. The highest BCUT2D eigenvalue weighted by atomic mass is 32.1. The molecule has 0 radical (unpaired) electrons. The van der Waals surface area contributed by atoms with Crippen LogP contribution in [0.2, 0.25) is 0 Å². The Hall–Kier alpha value is -0.400. The van der Waals surface area contributed by atoms with Crippen molar-refractivity contribution in [1.29, 1.82) is 0 Å². The van der Waals surface area contributed by atoms with E-state index in [0.717, 1.165) is 25.9 Å². The highest BCUT2D eigenvalue weighted by molar-refractivity contribution is 7.80. The minimum Gasteiger partial charge on any atom is -0.393 e. The molecule has 1 aliphatic rings. The molecule has 0 aromatic heterocycles. The van der Waals surface area contributed by atoms with Gasteiger partial charge in [0.15, 0.2) is 0 Å². The van der Waals surface area contributed by atoms with Gasteiger partial charge in [0, 0.05) is 12.5 Å². The minimum absolute atomic E-state index is 0.108. The Morgan fingerprint density at radius 2 is 1.94 bits per heavy atom. The van der Waals surface area contributed by atoms with E-state index in [4.69, 9.17) is 18.0 Å². The molecule has 0 aliphatic carbocycles. The molecule has 1 heterocycles. The molecule has 1 rings (SSSR count). The molecule has 100 valence electrons. The van der Waals surface area contributed by atoms with Gasteiger partial charge >= 0.3 is 6.18 Å². The number of hydrogen-bond donors (Lipinski definition) is 1. The Kier molecular flexibility index (Phi) is 5.61. The normalized spacial score (nSPS) is 19.5. The first-order valence-electron chi connectivity index (χ1n) is 5.54. The maximum atomic E-state index is 11.8. The molecule has 7 heteroatoms. The van der Waals surface area contributed by atoms with E-state index >= 15 is 0 Å². The fourth-order valence-corrected chi connectivity index (χ4v) is 2.06. The zero-order chi connectivity index (χ0) is 12.9. The van der Waals surface area contributed by atoms with Gasteiger partial charge in [-0.3, -0.25) is 0 Å². The van der Waals surface area contributed by atoms with E-state index in [1.807, 2.05) is 0 Å². The predicted octanol–water partition coefficient (Wildman–Crippen LogP) is 1.56. The van der Waals surface area contributed by atoms with Gasteiger partial charge in [-0.2, -0.15) is 13.2 Å². The average Bonchev–Trinajstić information content (AvgIpc) is 2.24.